The number of carbonyl (C=O) groups is 1. The van der Waals surface area contributed by atoms with E-state index >= 15 is 0 Å². The maximum atomic E-state index is 10.8. The molecule has 2 heteroatoms. The number of rotatable bonds is 3. The van der Waals surface area contributed by atoms with E-state index in [-0.39, 0.29) is 11.4 Å². The Kier molecular flexibility index (Phi) is 2.28. The van der Waals surface area contributed by atoms with Gasteiger partial charge in [-0.2, -0.15) is 0 Å². The zero-order valence-corrected chi connectivity index (χ0v) is 8.42. The summed E-state index contributed by atoms with van der Waals surface area (Å²) >= 11 is 0. The van der Waals surface area contributed by atoms with Crippen LogP contribution >= 0.6 is 0 Å². The van der Waals surface area contributed by atoms with Crippen molar-refractivity contribution in [3.05, 3.63) is 35.9 Å². The van der Waals surface area contributed by atoms with Gasteiger partial charge in [-0.05, 0) is 25.3 Å². The highest BCUT2D eigenvalue weighted by Gasteiger charge is 2.37. The molecule has 1 heterocycles. The SMILES string of the molecule is CC1(CCc2ccccc2)CC(=O)N1. The Labute approximate surface area is 84.3 Å². The van der Waals surface area contributed by atoms with Crippen molar-refractivity contribution in [3.8, 4) is 0 Å². The van der Waals surface area contributed by atoms with Crippen LogP contribution in [0.1, 0.15) is 25.3 Å². The van der Waals surface area contributed by atoms with Gasteiger partial charge in [0.05, 0.1) is 0 Å². The Morgan fingerprint density at radius 2 is 2.00 bits per heavy atom. The highest BCUT2D eigenvalue weighted by atomic mass is 16.2. The summed E-state index contributed by atoms with van der Waals surface area (Å²) in [6.07, 6.45) is 2.75. The van der Waals surface area contributed by atoms with Gasteiger partial charge in [-0.1, -0.05) is 30.3 Å². The molecule has 0 aliphatic carbocycles. The molecule has 2 nitrogen and oxygen atoms in total. The molecular weight excluding hydrogens is 174 g/mol. The molecular formula is C12H15NO. The fraction of sp³-hybridized carbons (Fsp3) is 0.417. The van der Waals surface area contributed by atoms with Gasteiger partial charge in [-0.15, -0.1) is 0 Å². The molecule has 1 amide bonds. The van der Waals surface area contributed by atoms with Gasteiger partial charge in [0.2, 0.25) is 5.91 Å². The van der Waals surface area contributed by atoms with E-state index in [1.54, 1.807) is 0 Å². The first-order valence-electron chi connectivity index (χ1n) is 5.03. The third-order valence-corrected chi connectivity index (χ3v) is 2.80. The van der Waals surface area contributed by atoms with Crippen molar-refractivity contribution >= 4 is 5.91 Å². The first kappa shape index (κ1) is 9.25. The summed E-state index contributed by atoms with van der Waals surface area (Å²) in [7, 11) is 0. The molecule has 2 rings (SSSR count). The number of carbonyl (C=O) groups excluding carboxylic acids is 1. The second-order valence-corrected chi connectivity index (χ2v) is 4.27. The van der Waals surface area contributed by atoms with E-state index in [2.05, 4.69) is 36.5 Å². The lowest BCUT2D eigenvalue weighted by Crippen LogP contribution is -2.58. The summed E-state index contributed by atoms with van der Waals surface area (Å²) in [5, 5.41) is 2.95. The molecule has 1 aliphatic rings. The number of amides is 1. The van der Waals surface area contributed by atoms with Crippen LogP contribution in [-0.4, -0.2) is 11.4 Å². The minimum Gasteiger partial charge on any atom is -0.350 e. The van der Waals surface area contributed by atoms with Gasteiger partial charge in [-0.3, -0.25) is 4.79 Å². The van der Waals surface area contributed by atoms with Crippen LogP contribution in [0.3, 0.4) is 0 Å². The number of hydrogen-bond acceptors (Lipinski definition) is 1. The standard InChI is InChI=1S/C12H15NO/c1-12(9-11(14)13-12)8-7-10-5-3-2-4-6-10/h2-6H,7-9H2,1H3,(H,13,14). The number of benzene rings is 1. The lowest BCUT2D eigenvalue weighted by atomic mass is 9.84. The molecule has 1 aromatic carbocycles. The third kappa shape index (κ3) is 1.95. The van der Waals surface area contributed by atoms with Crippen molar-refractivity contribution in [2.24, 2.45) is 0 Å². The summed E-state index contributed by atoms with van der Waals surface area (Å²) in [6.45, 7) is 2.11. The van der Waals surface area contributed by atoms with Gasteiger partial charge in [-0.25, -0.2) is 0 Å². The molecule has 1 aliphatic heterocycles. The van der Waals surface area contributed by atoms with Crippen LogP contribution in [0.15, 0.2) is 30.3 Å². The zero-order valence-electron chi connectivity index (χ0n) is 8.42. The minimum atomic E-state index is 0.0485. The zero-order chi connectivity index (χ0) is 10.0. The summed E-state index contributed by atoms with van der Waals surface area (Å²) < 4.78 is 0. The second kappa shape index (κ2) is 3.45. The van der Waals surface area contributed by atoms with E-state index in [4.69, 9.17) is 0 Å². The maximum Gasteiger partial charge on any atom is 0.222 e. The molecule has 0 radical (unpaired) electrons. The molecule has 74 valence electrons. The fourth-order valence-electron chi connectivity index (χ4n) is 1.89. The van der Waals surface area contributed by atoms with Gasteiger partial charge < -0.3 is 5.32 Å². The molecule has 0 bridgehead atoms. The van der Waals surface area contributed by atoms with Gasteiger partial charge in [0.1, 0.15) is 0 Å². The Bertz CT molecular complexity index is 323. The number of β-lactam (4-membered cyclic amide) rings is 1. The van der Waals surface area contributed by atoms with E-state index in [0.29, 0.717) is 6.42 Å². The molecule has 1 fully saturated rings. The summed E-state index contributed by atoms with van der Waals surface area (Å²) in [4.78, 5) is 10.8. The van der Waals surface area contributed by atoms with Crippen molar-refractivity contribution in [3.63, 3.8) is 0 Å². The van der Waals surface area contributed by atoms with E-state index < -0.39 is 0 Å². The third-order valence-electron chi connectivity index (χ3n) is 2.80. The van der Waals surface area contributed by atoms with Crippen LogP contribution < -0.4 is 5.32 Å². The number of nitrogens with one attached hydrogen (secondary N) is 1. The highest BCUT2D eigenvalue weighted by molar-refractivity contribution is 5.84. The first-order chi connectivity index (χ1) is 6.68. The largest absolute Gasteiger partial charge is 0.350 e. The summed E-state index contributed by atoms with van der Waals surface area (Å²) in [6, 6.07) is 10.4. The predicted molar refractivity (Wildman–Crippen MR) is 55.9 cm³/mol. The van der Waals surface area contributed by atoms with Gasteiger partial charge >= 0.3 is 0 Å². The quantitative estimate of drug-likeness (QED) is 0.723. The van der Waals surface area contributed by atoms with E-state index in [1.807, 2.05) is 6.07 Å². The van der Waals surface area contributed by atoms with Crippen LogP contribution in [-0.2, 0) is 11.2 Å². The summed E-state index contributed by atoms with van der Waals surface area (Å²) in [5.74, 6) is 0.181. The van der Waals surface area contributed by atoms with Crippen molar-refractivity contribution in [1.29, 1.82) is 0 Å². The van der Waals surface area contributed by atoms with Crippen LogP contribution in [0, 0.1) is 0 Å². The van der Waals surface area contributed by atoms with Crippen molar-refractivity contribution in [1.82, 2.24) is 5.32 Å². The van der Waals surface area contributed by atoms with Crippen molar-refractivity contribution in [2.75, 3.05) is 0 Å². The Balaban J connectivity index is 1.86. The number of aryl methyl sites for hydroxylation is 1. The molecule has 0 spiro atoms. The van der Waals surface area contributed by atoms with Crippen LogP contribution in [0.4, 0.5) is 0 Å². The molecule has 14 heavy (non-hydrogen) atoms. The minimum absolute atomic E-state index is 0.0485. The first-order valence-corrected chi connectivity index (χ1v) is 5.03. The maximum absolute atomic E-state index is 10.8. The van der Waals surface area contributed by atoms with Crippen LogP contribution in [0.2, 0.25) is 0 Å². The number of hydrogen-bond donors (Lipinski definition) is 1. The summed E-state index contributed by atoms with van der Waals surface area (Å²) in [5.41, 5.74) is 1.39. The molecule has 1 saturated heterocycles. The molecule has 1 N–H and O–H groups in total. The average molecular weight is 189 g/mol. The molecule has 1 atom stereocenters. The Hall–Kier alpha value is -1.31. The van der Waals surface area contributed by atoms with Crippen LogP contribution in [0.5, 0.6) is 0 Å². The lowest BCUT2D eigenvalue weighted by molar-refractivity contribution is -0.132. The van der Waals surface area contributed by atoms with Crippen LogP contribution in [0.25, 0.3) is 0 Å². The topological polar surface area (TPSA) is 29.1 Å². The van der Waals surface area contributed by atoms with Crippen molar-refractivity contribution < 1.29 is 4.79 Å². The molecule has 0 saturated carbocycles. The normalized spacial score (nSPS) is 25.4. The van der Waals surface area contributed by atoms with Gasteiger partial charge in [0.15, 0.2) is 0 Å². The lowest BCUT2D eigenvalue weighted by Gasteiger charge is -2.39. The Morgan fingerprint density at radius 1 is 1.36 bits per heavy atom. The molecule has 0 aromatic heterocycles. The smallest absolute Gasteiger partial charge is 0.222 e. The second-order valence-electron chi connectivity index (χ2n) is 4.27. The monoisotopic (exact) mass is 189 g/mol. The average Bonchev–Trinajstić information content (AvgIpc) is 2.15. The fourth-order valence-corrected chi connectivity index (χ4v) is 1.89. The van der Waals surface area contributed by atoms with Gasteiger partial charge in [0.25, 0.3) is 0 Å². The highest BCUT2D eigenvalue weighted by Crippen LogP contribution is 2.24. The molecule has 1 aromatic rings. The van der Waals surface area contributed by atoms with Gasteiger partial charge in [0, 0.05) is 12.0 Å². The Morgan fingerprint density at radius 3 is 2.57 bits per heavy atom. The van der Waals surface area contributed by atoms with E-state index in [0.717, 1.165) is 12.8 Å². The molecule has 1 unspecified atom stereocenters. The predicted octanol–water partition coefficient (Wildman–Crippen LogP) is 1.90. The van der Waals surface area contributed by atoms with Crippen molar-refractivity contribution in [2.45, 2.75) is 31.7 Å². The van der Waals surface area contributed by atoms with E-state index in [1.165, 1.54) is 5.56 Å². The van der Waals surface area contributed by atoms with E-state index in [9.17, 15) is 4.79 Å².